The van der Waals surface area contributed by atoms with Crippen LogP contribution in [0.15, 0.2) is 59.5 Å². The van der Waals surface area contributed by atoms with Gasteiger partial charge < -0.3 is 5.32 Å². The Bertz CT molecular complexity index is 1260. The fraction of sp³-hybridized carbons (Fsp3) is 0.208. The zero-order chi connectivity index (χ0) is 22.3. The summed E-state index contributed by atoms with van der Waals surface area (Å²) >= 11 is 5.89. The van der Waals surface area contributed by atoms with Crippen LogP contribution in [-0.4, -0.2) is 20.9 Å². The van der Waals surface area contributed by atoms with Gasteiger partial charge in [-0.1, -0.05) is 29.3 Å². The fourth-order valence-electron chi connectivity index (χ4n) is 4.06. The number of carbonyl (C=O) groups is 1. The predicted octanol–water partition coefficient (Wildman–Crippen LogP) is 5.27. The predicted molar refractivity (Wildman–Crippen MR) is 125 cm³/mol. The van der Waals surface area contributed by atoms with Crippen molar-refractivity contribution in [1.82, 2.24) is 0 Å². The van der Waals surface area contributed by atoms with Gasteiger partial charge in [-0.25, -0.2) is 8.42 Å². The molecule has 1 N–H and O–H groups in total. The number of rotatable bonds is 4. The number of sulfonamides is 1. The van der Waals surface area contributed by atoms with E-state index in [0.29, 0.717) is 29.2 Å². The van der Waals surface area contributed by atoms with Gasteiger partial charge in [0.05, 0.1) is 10.6 Å². The first-order valence-electron chi connectivity index (χ1n) is 9.97. The largest absolute Gasteiger partial charge is 0.322 e. The lowest BCUT2D eigenvalue weighted by Gasteiger charge is -2.20. The number of amides is 1. The lowest BCUT2D eigenvalue weighted by molar-refractivity contribution is 0.102. The smallest absolute Gasteiger partial charge is 0.264 e. The highest BCUT2D eigenvalue weighted by Gasteiger charge is 2.31. The minimum atomic E-state index is -3.69. The van der Waals surface area contributed by atoms with Gasteiger partial charge in [0.2, 0.25) is 0 Å². The van der Waals surface area contributed by atoms with Gasteiger partial charge in [0, 0.05) is 22.8 Å². The number of nitrogens with zero attached hydrogens (tertiary/aromatic N) is 1. The molecule has 0 bridgehead atoms. The van der Waals surface area contributed by atoms with Gasteiger partial charge in [0.25, 0.3) is 15.9 Å². The van der Waals surface area contributed by atoms with Crippen molar-refractivity contribution in [2.24, 2.45) is 0 Å². The maximum atomic E-state index is 13.1. The number of fused-ring (bicyclic) bond motifs is 1. The molecule has 0 atom stereocenters. The van der Waals surface area contributed by atoms with Crippen LogP contribution < -0.4 is 9.62 Å². The van der Waals surface area contributed by atoms with Gasteiger partial charge in [0.15, 0.2) is 0 Å². The maximum Gasteiger partial charge on any atom is 0.264 e. The van der Waals surface area contributed by atoms with Crippen molar-refractivity contribution < 1.29 is 13.2 Å². The van der Waals surface area contributed by atoms with Crippen molar-refractivity contribution in [3.05, 3.63) is 87.4 Å². The first-order valence-corrected chi connectivity index (χ1v) is 11.8. The van der Waals surface area contributed by atoms with Crippen LogP contribution in [0.3, 0.4) is 0 Å². The Morgan fingerprint density at radius 3 is 2.26 bits per heavy atom. The summed E-state index contributed by atoms with van der Waals surface area (Å²) in [7, 11) is -3.69. The lowest BCUT2D eigenvalue weighted by Crippen LogP contribution is -2.29. The zero-order valence-electron chi connectivity index (χ0n) is 17.6. The number of hydrogen-bond acceptors (Lipinski definition) is 3. The molecule has 1 aliphatic rings. The van der Waals surface area contributed by atoms with Crippen LogP contribution in [0.2, 0.25) is 5.02 Å². The molecule has 0 spiro atoms. The average Bonchev–Trinajstić information content (AvgIpc) is 3.15. The lowest BCUT2D eigenvalue weighted by atomic mass is 10.0. The normalized spacial score (nSPS) is 13.2. The Morgan fingerprint density at radius 1 is 0.968 bits per heavy atom. The minimum absolute atomic E-state index is 0.192. The highest BCUT2D eigenvalue weighted by Crippen LogP contribution is 2.34. The number of halogens is 1. The number of carbonyl (C=O) groups excluding carboxylic acids is 1. The second kappa shape index (κ2) is 8.02. The molecule has 0 aromatic heterocycles. The molecule has 1 heterocycles. The van der Waals surface area contributed by atoms with Crippen molar-refractivity contribution in [3.8, 4) is 0 Å². The SMILES string of the molecule is Cc1cc(C)c(NC(=O)c2ccc3c(c2)CCN3S(=O)(=O)c2ccc(Cl)cc2)c(C)c1. The molecular weight excluding hydrogens is 432 g/mol. The highest BCUT2D eigenvalue weighted by atomic mass is 35.5. The Balaban J connectivity index is 1.60. The monoisotopic (exact) mass is 454 g/mol. The summed E-state index contributed by atoms with van der Waals surface area (Å²) in [5.74, 6) is -0.211. The first kappa shape index (κ1) is 21.4. The summed E-state index contributed by atoms with van der Waals surface area (Å²) in [5, 5.41) is 3.48. The number of nitrogens with one attached hydrogen (secondary N) is 1. The van der Waals surface area contributed by atoms with Crippen LogP contribution in [0.25, 0.3) is 0 Å². The fourth-order valence-corrected chi connectivity index (χ4v) is 5.69. The van der Waals surface area contributed by atoms with E-state index in [1.807, 2.05) is 32.9 Å². The molecule has 0 radical (unpaired) electrons. The molecular formula is C24H23ClN2O3S. The molecule has 31 heavy (non-hydrogen) atoms. The molecule has 160 valence electrons. The summed E-state index contributed by atoms with van der Waals surface area (Å²) in [5.41, 5.74) is 5.91. The van der Waals surface area contributed by atoms with Crippen LogP contribution >= 0.6 is 11.6 Å². The van der Waals surface area contributed by atoms with Gasteiger partial charge >= 0.3 is 0 Å². The number of hydrogen-bond donors (Lipinski definition) is 1. The van der Waals surface area contributed by atoms with E-state index in [4.69, 9.17) is 11.6 Å². The zero-order valence-corrected chi connectivity index (χ0v) is 19.1. The van der Waals surface area contributed by atoms with Gasteiger partial charge in [-0.05, 0) is 86.3 Å². The van der Waals surface area contributed by atoms with E-state index in [-0.39, 0.29) is 10.8 Å². The van der Waals surface area contributed by atoms with Crippen LogP contribution in [-0.2, 0) is 16.4 Å². The molecule has 0 aliphatic carbocycles. The number of anilines is 2. The van der Waals surface area contributed by atoms with Crippen LogP contribution in [0.1, 0.15) is 32.6 Å². The summed E-state index contributed by atoms with van der Waals surface area (Å²) in [6.45, 7) is 6.30. The summed E-state index contributed by atoms with van der Waals surface area (Å²) < 4.78 is 27.5. The Kier molecular flexibility index (Phi) is 5.54. The Labute approximate surface area is 187 Å². The minimum Gasteiger partial charge on any atom is -0.322 e. The van der Waals surface area contributed by atoms with Crippen molar-refractivity contribution >= 4 is 38.9 Å². The van der Waals surface area contributed by atoms with Crippen LogP contribution in [0, 0.1) is 20.8 Å². The molecule has 3 aromatic carbocycles. The highest BCUT2D eigenvalue weighted by molar-refractivity contribution is 7.92. The molecule has 0 fully saturated rings. The van der Waals surface area contributed by atoms with Crippen molar-refractivity contribution in [2.45, 2.75) is 32.1 Å². The van der Waals surface area contributed by atoms with Gasteiger partial charge in [-0.2, -0.15) is 0 Å². The molecule has 0 unspecified atom stereocenters. The standard InChI is InChI=1S/C24H23ClN2O3S/c1-15-12-16(2)23(17(3)13-15)26-24(28)19-4-9-22-18(14-19)10-11-27(22)31(29,30)21-7-5-20(25)6-8-21/h4-9,12-14H,10-11H2,1-3H3,(H,26,28). The van der Waals surface area contributed by atoms with E-state index in [1.54, 1.807) is 30.3 Å². The third-order valence-electron chi connectivity index (χ3n) is 5.51. The van der Waals surface area contributed by atoms with E-state index in [0.717, 1.165) is 27.9 Å². The molecule has 1 aliphatic heterocycles. The van der Waals surface area contributed by atoms with E-state index in [9.17, 15) is 13.2 Å². The van der Waals surface area contributed by atoms with Gasteiger partial charge in [-0.15, -0.1) is 0 Å². The summed E-state index contributed by atoms with van der Waals surface area (Å²) in [6.07, 6.45) is 0.547. The second-order valence-corrected chi connectivity index (χ2v) is 10.2. The maximum absolute atomic E-state index is 13.1. The van der Waals surface area contributed by atoms with Crippen LogP contribution in [0.4, 0.5) is 11.4 Å². The van der Waals surface area contributed by atoms with Crippen LogP contribution in [0.5, 0.6) is 0 Å². The van der Waals surface area contributed by atoms with Gasteiger partial charge in [-0.3, -0.25) is 9.10 Å². The Morgan fingerprint density at radius 2 is 1.61 bits per heavy atom. The van der Waals surface area contributed by atoms with Crippen molar-refractivity contribution in [1.29, 1.82) is 0 Å². The van der Waals surface area contributed by atoms with E-state index >= 15 is 0 Å². The quantitative estimate of drug-likeness (QED) is 0.584. The van der Waals surface area contributed by atoms with E-state index in [2.05, 4.69) is 5.32 Å². The molecule has 0 saturated carbocycles. The van der Waals surface area contributed by atoms with Crippen molar-refractivity contribution in [3.63, 3.8) is 0 Å². The number of benzene rings is 3. The second-order valence-electron chi connectivity index (χ2n) is 7.85. The van der Waals surface area contributed by atoms with E-state index < -0.39 is 10.0 Å². The van der Waals surface area contributed by atoms with Crippen molar-refractivity contribution in [2.75, 3.05) is 16.2 Å². The molecule has 1 amide bonds. The Hall–Kier alpha value is -2.83. The average molecular weight is 455 g/mol. The summed E-state index contributed by atoms with van der Waals surface area (Å²) in [6, 6.07) is 15.4. The third kappa shape index (κ3) is 4.05. The molecule has 4 rings (SSSR count). The first-order chi connectivity index (χ1) is 14.7. The van der Waals surface area contributed by atoms with E-state index in [1.165, 1.54) is 16.4 Å². The number of aryl methyl sites for hydroxylation is 3. The molecule has 7 heteroatoms. The molecule has 3 aromatic rings. The molecule has 0 saturated heterocycles. The van der Waals surface area contributed by atoms with Gasteiger partial charge in [0.1, 0.15) is 0 Å². The molecule has 5 nitrogen and oxygen atoms in total. The third-order valence-corrected chi connectivity index (χ3v) is 7.59. The topological polar surface area (TPSA) is 66.5 Å². The summed E-state index contributed by atoms with van der Waals surface area (Å²) in [4.78, 5) is 13.1.